The predicted octanol–water partition coefficient (Wildman–Crippen LogP) is 2.06. The maximum atomic E-state index is 9.29. The molecular weight excluding hydrogens is 264 g/mol. The minimum Gasteiger partial charge on any atom is -0.395 e. The first-order valence-corrected chi connectivity index (χ1v) is 7.47. The van der Waals surface area contributed by atoms with Crippen LogP contribution in [0.25, 0.3) is 11.4 Å². The molecule has 1 saturated carbocycles. The van der Waals surface area contributed by atoms with Gasteiger partial charge in [0.1, 0.15) is 5.82 Å². The Kier molecular flexibility index (Phi) is 4.10. The highest BCUT2D eigenvalue weighted by molar-refractivity contribution is 5.57. The van der Waals surface area contributed by atoms with Crippen LogP contribution in [-0.2, 0) is 6.42 Å². The molecule has 1 aliphatic rings. The number of aliphatic hydroxyl groups excluding tert-OH is 1. The third kappa shape index (κ3) is 3.19. The summed E-state index contributed by atoms with van der Waals surface area (Å²) in [7, 11) is 0. The molecule has 2 aromatic rings. The van der Waals surface area contributed by atoms with Crippen LogP contribution >= 0.6 is 0 Å². The Balaban J connectivity index is 2.00. The van der Waals surface area contributed by atoms with Gasteiger partial charge in [-0.1, -0.05) is 6.92 Å². The van der Waals surface area contributed by atoms with Gasteiger partial charge in [0.05, 0.1) is 6.61 Å². The molecule has 1 N–H and O–H groups in total. The highest BCUT2D eigenvalue weighted by Crippen LogP contribution is 2.31. The quantitative estimate of drug-likeness (QED) is 0.879. The van der Waals surface area contributed by atoms with Crippen molar-refractivity contribution in [3.63, 3.8) is 0 Å². The molecule has 1 fully saturated rings. The molecule has 5 heteroatoms. The SMILES string of the molecule is CCc1cc(N(CCO)C2CC2)nc(-c2ccncc2)n1. The zero-order chi connectivity index (χ0) is 14.7. The number of aryl methyl sites for hydroxylation is 1. The fourth-order valence-electron chi connectivity index (χ4n) is 2.42. The number of rotatable bonds is 6. The van der Waals surface area contributed by atoms with Crippen LogP contribution in [0, 0.1) is 0 Å². The van der Waals surface area contributed by atoms with Gasteiger partial charge in [-0.2, -0.15) is 0 Å². The Morgan fingerprint density at radius 2 is 2.00 bits per heavy atom. The summed E-state index contributed by atoms with van der Waals surface area (Å²) >= 11 is 0. The summed E-state index contributed by atoms with van der Waals surface area (Å²) in [5, 5.41) is 9.29. The average molecular weight is 284 g/mol. The lowest BCUT2D eigenvalue weighted by atomic mass is 10.2. The second-order valence-electron chi connectivity index (χ2n) is 5.28. The van der Waals surface area contributed by atoms with E-state index in [4.69, 9.17) is 4.98 Å². The third-order valence-electron chi connectivity index (χ3n) is 3.69. The molecule has 110 valence electrons. The first-order chi connectivity index (χ1) is 10.3. The Labute approximate surface area is 124 Å². The Morgan fingerprint density at radius 1 is 1.24 bits per heavy atom. The van der Waals surface area contributed by atoms with Gasteiger partial charge in [-0.3, -0.25) is 4.98 Å². The molecule has 5 nitrogen and oxygen atoms in total. The van der Waals surface area contributed by atoms with E-state index in [0.717, 1.165) is 29.3 Å². The number of nitrogens with zero attached hydrogens (tertiary/aromatic N) is 4. The monoisotopic (exact) mass is 284 g/mol. The maximum Gasteiger partial charge on any atom is 0.161 e. The smallest absolute Gasteiger partial charge is 0.161 e. The number of hydrogen-bond donors (Lipinski definition) is 1. The molecule has 0 bridgehead atoms. The van der Waals surface area contributed by atoms with Crippen molar-refractivity contribution >= 4 is 5.82 Å². The first-order valence-electron chi connectivity index (χ1n) is 7.47. The molecule has 0 amide bonds. The van der Waals surface area contributed by atoms with Gasteiger partial charge >= 0.3 is 0 Å². The van der Waals surface area contributed by atoms with E-state index in [1.165, 1.54) is 12.8 Å². The standard InChI is InChI=1S/C16H20N4O/c1-2-13-11-15(20(9-10-21)14-3-4-14)19-16(18-13)12-5-7-17-8-6-12/h5-8,11,14,21H,2-4,9-10H2,1H3. The molecule has 1 aliphatic carbocycles. The molecule has 2 heterocycles. The average Bonchev–Trinajstić information content (AvgIpc) is 3.37. The van der Waals surface area contributed by atoms with Crippen molar-refractivity contribution in [1.82, 2.24) is 15.0 Å². The van der Waals surface area contributed by atoms with E-state index in [9.17, 15) is 5.11 Å². The van der Waals surface area contributed by atoms with E-state index in [0.29, 0.717) is 12.6 Å². The van der Waals surface area contributed by atoms with E-state index in [1.54, 1.807) is 12.4 Å². The lowest BCUT2D eigenvalue weighted by Crippen LogP contribution is -2.30. The van der Waals surface area contributed by atoms with Crippen LogP contribution in [0.15, 0.2) is 30.6 Å². The second-order valence-corrected chi connectivity index (χ2v) is 5.28. The minimum atomic E-state index is 0.145. The first kappa shape index (κ1) is 13.9. The van der Waals surface area contributed by atoms with Crippen molar-refractivity contribution in [2.45, 2.75) is 32.2 Å². The molecule has 0 saturated heterocycles. The summed E-state index contributed by atoms with van der Waals surface area (Å²) < 4.78 is 0. The fraction of sp³-hybridized carbons (Fsp3) is 0.438. The van der Waals surface area contributed by atoms with Crippen LogP contribution in [0.3, 0.4) is 0 Å². The van der Waals surface area contributed by atoms with E-state index >= 15 is 0 Å². The van der Waals surface area contributed by atoms with Crippen LogP contribution in [0.2, 0.25) is 0 Å². The highest BCUT2D eigenvalue weighted by Gasteiger charge is 2.30. The predicted molar refractivity (Wildman–Crippen MR) is 82.1 cm³/mol. The molecule has 0 spiro atoms. The van der Waals surface area contributed by atoms with Crippen LogP contribution in [0.5, 0.6) is 0 Å². The Bertz CT molecular complexity index is 598. The van der Waals surface area contributed by atoms with Crippen molar-refractivity contribution in [3.8, 4) is 11.4 Å². The van der Waals surface area contributed by atoms with Crippen molar-refractivity contribution < 1.29 is 5.11 Å². The zero-order valence-corrected chi connectivity index (χ0v) is 12.2. The van der Waals surface area contributed by atoms with Crippen molar-refractivity contribution in [2.24, 2.45) is 0 Å². The van der Waals surface area contributed by atoms with Gasteiger partial charge in [0.15, 0.2) is 5.82 Å². The maximum absolute atomic E-state index is 9.29. The van der Waals surface area contributed by atoms with E-state index in [1.807, 2.05) is 18.2 Å². The minimum absolute atomic E-state index is 0.145. The van der Waals surface area contributed by atoms with Crippen LogP contribution < -0.4 is 4.90 Å². The number of aromatic nitrogens is 3. The summed E-state index contributed by atoms with van der Waals surface area (Å²) in [6.45, 7) is 2.86. The molecule has 0 unspecified atom stereocenters. The van der Waals surface area contributed by atoms with Gasteiger partial charge in [-0.05, 0) is 31.4 Å². The normalized spacial score (nSPS) is 14.2. The number of pyridine rings is 1. The number of hydrogen-bond acceptors (Lipinski definition) is 5. The fourth-order valence-corrected chi connectivity index (χ4v) is 2.42. The van der Waals surface area contributed by atoms with Crippen LogP contribution in [0.4, 0.5) is 5.82 Å². The van der Waals surface area contributed by atoms with Crippen LogP contribution in [0.1, 0.15) is 25.5 Å². The highest BCUT2D eigenvalue weighted by atomic mass is 16.3. The second kappa shape index (κ2) is 6.18. The van der Waals surface area contributed by atoms with E-state index in [-0.39, 0.29) is 6.61 Å². The van der Waals surface area contributed by atoms with Gasteiger partial charge in [0, 0.05) is 42.3 Å². The molecular formula is C16H20N4O. The molecule has 2 aromatic heterocycles. The van der Waals surface area contributed by atoms with Gasteiger partial charge in [-0.15, -0.1) is 0 Å². The third-order valence-corrected chi connectivity index (χ3v) is 3.69. The van der Waals surface area contributed by atoms with E-state index < -0.39 is 0 Å². The van der Waals surface area contributed by atoms with Gasteiger partial charge in [0.25, 0.3) is 0 Å². The number of anilines is 1. The summed E-state index contributed by atoms with van der Waals surface area (Å²) in [5.74, 6) is 1.65. The van der Waals surface area contributed by atoms with Crippen LogP contribution in [-0.4, -0.2) is 39.3 Å². The largest absolute Gasteiger partial charge is 0.395 e. The lowest BCUT2D eigenvalue weighted by molar-refractivity contribution is 0.301. The van der Waals surface area contributed by atoms with Crippen molar-refractivity contribution in [3.05, 3.63) is 36.3 Å². The van der Waals surface area contributed by atoms with Gasteiger partial charge < -0.3 is 10.0 Å². The summed E-state index contributed by atoms with van der Waals surface area (Å²) in [6, 6.07) is 6.40. The van der Waals surface area contributed by atoms with Crippen molar-refractivity contribution in [2.75, 3.05) is 18.1 Å². The van der Waals surface area contributed by atoms with E-state index in [2.05, 4.69) is 21.8 Å². The number of aliphatic hydroxyl groups is 1. The topological polar surface area (TPSA) is 62.1 Å². The molecule has 3 rings (SSSR count). The Hall–Kier alpha value is -2.01. The Morgan fingerprint density at radius 3 is 2.62 bits per heavy atom. The lowest BCUT2D eigenvalue weighted by Gasteiger charge is -2.23. The molecule has 0 atom stereocenters. The molecule has 0 aromatic carbocycles. The van der Waals surface area contributed by atoms with Crippen molar-refractivity contribution in [1.29, 1.82) is 0 Å². The zero-order valence-electron chi connectivity index (χ0n) is 12.2. The van der Waals surface area contributed by atoms with Gasteiger partial charge in [0.2, 0.25) is 0 Å². The summed E-state index contributed by atoms with van der Waals surface area (Å²) in [6.07, 6.45) is 6.73. The molecule has 0 aliphatic heterocycles. The summed E-state index contributed by atoms with van der Waals surface area (Å²) in [4.78, 5) is 15.6. The molecule has 0 radical (unpaired) electrons. The van der Waals surface area contributed by atoms with Gasteiger partial charge in [-0.25, -0.2) is 9.97 Å². The summed E-state index contributed by atoms with van der Waals surface area (Å²) in [5.41, 5.74) is 2.00. The molecule has 21 heavy (non-hydrogen) atoms.